The molecule has 1 aliphatic heterocycles. The van der Waals surface area contributed by atoms with Crippen molar-refractivity contribution in [2.75, 3.05) is 13.2 Å². The fourth-order valence-corrected chi connectivity index (χ4v) is 3.46. The summed E-state index contributed by atoms with van der Waals surface area (Å²) in [5, 5.41) is 7.68. The lowest BCUT2D eigenvalue weighted by Gasteiger charge is -2.19. The molecule has 1 heterocycles. The molecule has 0 atom stereocenters. The van der Waals surface area contributed by atoms with Crippen LogP contribution in [0, 0.1) is 0 Å². The molecular formula is C20H14O2. The van der Waals surface area contributed by atoms with Gasteiger partial charge in [-0.25, -0.2) is 0 Å². The molecule has 0 saturated heterocycles. The van der Waals surface area contributed by atoms with Crippen LogP contribution < -0.4 is 0 Å². The molecule has 22 heavy (non-hydrogen) atoms. The van der Waals surface area contributed by atoms with Gasteiger partial charge in [-0.15, -0.1) is 0 Å². The van der Waals surface area contributed by atoms with Crippen molar-refractivity contribution in [1.29, 1.82) is 0 Å². The molecule has 0 N–H and O–H groups in total. The Bertz CT molecular complexity index is 1010. The zero-order chi connectivity index (χ0) is 14.5. The Labute approximate surface area is 127 Å². The lowest BCUT2D eigenvalue weighted by atomic mass is 9.91. The highest BCUT2D eigenvalue weighted by atomic mass is 16.6. The maximum absolute atomic E-state index is 5.79. The van der Waals surface area contributed by atoms with Gasteiger partial charge in [0.25, 0.3) is 0 Å². The van der Waals surface area contributed by atoms with E-state index in [0.29, 0.717) is 13.2 Å². The van der Waals surface area contributed by atoms with Crippen molar-refractivity contribution < 1.29 is 9.47 Å². The van der Waals surface area contributed by atoms with E-state index in [2.05, 4.69) is 54.6 Å². The number of benzene rings is 4. The summed E-state index contributed by atoms with van der Waals surface area (Å²) in [5.74, 6) is 0.823. The largest absolute Gasteiger partial charge is 0.494 e. The van der Waals surface area contributed by atoms with Gasteiger partial charge >= 0.3 is 0 Å². The van der Waals surface area contributed by atoms with Crippen molar-refractivity contribution >= 4 is 38.1 Å². The summed E-state index contributed by atoms with van der Waals surface area (Å²) in [6.45, 7) is 1.23. The van der Waals surface area contributed by atoms with Crippen LogP contribution in [-0.2, 0) is 9.47 Å². The van der Waals surface area contributed by atoms with Gasteiger partial charge in [-0.05, 0) is 38.4 Å². The van der Waals surface area contributed by atoms with Crippen molar-refractivity contribution in [3.8, 4) is 0 Å². The molecule has 2 heteroatoms. The molecule has 4 aromatic rings. The molecule has 1 aliphatic rings. The summed E-state index contributed by atoms with van der Waals surface area (Å²) in [5.41, 5.74) is 1.10. The zero-order valence-corrected chi connectivity index (χ0v) is 12.0. The van der Waals surface area contributed by atoms with Gasteiger partial charge in [-0.1, -0.05) is 48.5 Å². The molecule has 4 aromatic carbocycles. The molecule has 0 aromatic heterocycles. The minimum atomic E-state index is 0.605. The molecule has 0 saturated carbocycles. The maximum Gasteiger partial charge on any atom is 0.161 e. The van der Waals surface area contributed by atoms with Crippen molar-refractivity contribution in [3.05, 3.63) is 66.4 Å². The Morgan fingerprint density at radius 2 is 1.41 bits per heavy atom. The fourth-order valence-electron chi connectivity index (χ4n) is 3.46. The van der Waals surface area contributed by atoms with Crippen molar-refractivity contribution in [2.24, 2.45) is 0 Å². The van der Waals surface area contributed by atoms with E-state index in [1.807, 2.05) is 0 Å². The second-order valence-electron chi connectivity index (χ2n) is 5.67. The van der Waals surface area contributed by atoms with E-state index in [9.17, 15) is 0 Å². The highest BCUT2D eigenvalue weighted by molar-refractivity contribution is 6.24. The highest BCUT2D eigenvalue weighted by Crippen LogP contribution is 2.38. The van der Waals surface area contributed by atoms with Crippen LogP contribution in [0.4, 0.5) is 0 Å². The molecule has 0 aliphatic carbocycles. The van der Waals surface area contributed by atoms with E-state index in [1.165, 1.54) is 32.3 Å². The minimum Gasteiger partial charge on any atom is -0.494 e. The van der Waals surface area contributed by atoms with Gasteiger partial charge < -0.3 is 9.47 Å². The Morgan fingerprint density at radius 1 is 0.682 bits per heavy atom. The van der Waals surface area contributed by atoms with E-state index in [4.69, 9.17) is 9.47 Å². The summed E-state index contributed by atoms with van der Waals surface area (Å²) in [6.07, 6.45) is 1.73. The molecule has 5 rings (SSSR count). The van der Waals surface area contributed by atoms with Crippen LogP contribution in [0.5, 0.6) is 0 Å². The van der Waals surface area contributed by atoms with Gasteiger partial charge in [0.2, 0.25) is 0 Å². The Kier molecular flexibility index (Phi) is 2.36. The fraction of sp³-hybridized carbons (Fsp3) is 0.100. The first-order valence-corrected chi connectivity index (χ1v) is 7.53. The van der Waals surface area contributed by atoms with E-state index in [0.717, 1.165) is 11.3 Å². The van der Waals surface area contributed by atoms with Gasteiger partial charge in [0.15, 0.2) is 5.76 Å². The quantitative estimate of drug-likeness (QED) is 0.462. The van der Waals surface area contributed by atoms with E-state index in [-0.39, 0.29) is 0 Å². The third-order valence-electron chi connectivity index (χ3n) is 4.44. The Morgan fingerprint density at radius 3 is 2.18 bits per heavy atom. The molecule has 0 radical (unpaired) electrons. The molecule has 0 spiro atoms. The van der Waals surface area contributed by atoms with Crippen LogP contribution in [0.1, 0.15) is 5.56 Å². The first kappa shape index (κ1) is 11.9. The Hall–Kier alpha value is -2.74. The van der Waals surface area contributed by atoms with Crippen LogP contribution in [0.2, 0.25) is 0 Å². The second kappa shape index (κ2) is 4.38. The minimum absolute atomic E-state index is 0.605. The topological polar surface area (TPSA) is 18.5 Å². The number of ether oxygens (including phenoxy) is 2. The average molecular weight is 286 g/mol. The summed E-state index contributed by atoms with van der Waals surface area (Å²) >= 11 is 0. The van der Waals surface area contributed by atoms with Crippen LogP contribution in [-0.4, -0.2) is 13.2 Å². The van der Waals surface area contributed by atoms with Gasteiger partial charge in [0.1, 0.15) is 19.5 Å². The van der Waals surface area contributed by atoms with E-state index >= 15 is 0 Å². The second-order valence-corrected chi connectivity index (χ2v) is 5.67. The Balaban J connectivity index is 1.95. The van der Waals surface area contributed by atoms with Crippen LogP contribution in [0.15, 0.2) is 60.9 Å². The summed E-state index contributed by atoms with van der Waals surface area (Å²) in [6, 6.07) is 19.5. The zero-order valence-electron chi connectivity index (χ0n) is 12.0. The summed E-state index contributed by atoms with van der Waals surface area (Å²) in [4.78, 5) is 0. The van der Waals surface area contributed by atoms with Gasteiger partial charge in [-0.3, -0.25) is 0 Å². The van der Waals surface area contributed by atoms with Crippen LogP contribution in [0.25, 0.3) is 38.1 Å². The summed E-state index contributed by atoms with van der Waals surface area (Å²) < 4.78 is 11.2. The molecule has 0 amide bonds. The van der Waals surface area contributed by atoms with Crippen LogP contribution in [0.3, 0.4) is 0 Å². The predicted octanol–water partition coefficient (Wildman–Crippen LogP) is 4.93. The van der Waals surface area contributed by atoms with Gasteiger partial charge in [-0.2, -0.15) is 0 Å². The van der Waals surface area contributed by atoms with Crippen LogP contribution >= 0.6 is 0 Å². The molecule has 0 unspecified atom stereocenters. The van der Waals surface area contributed by atoms with Gasteiger partial charge in [0, 0.05) is 5.56 Å². The number of hydrogen-bond donors (Lipinski definition) is 0. The molecule has 2 nitrogen and oxygen atoms in total. The molecular weight excluding hydrogens is 272 g/mol. The van der Waals surface area contributed by atoms with E-state index in [1.54, 1.807) is 6.26 Å². The average Bonchev–Trinajstić information content (AvgIpc) is 2.60. The summed E-state index contributed by atoms with van der Waals surface area (Å²) in [7, 11) is 0. The van der Waals surface area contributed by atoms with Crippen molar-refractivity contribution in [2.45, 2.75) is 0 Å². The maximum atomic E-state index is 5.79. The first-order chi connectivity index (χ1) is 10.9. The van der Waals surface area contributed by atoms with E-state index < -0.39 is 0 Å². The molecule has 0 bridgehead atoms. The van der Waals surface area contributed by atoms with Gasteiger partial charge in [0.05, 0.1) is 0 Å². The van der Waals surface area contributed by atoms with Crippen molar-refractivity contribution in [3.63, 3.8) is 0 Å². The van der Waals surface area contributed by atoms with Crippen molar-refractivity contribution in [1.82, 2.24) is 0 Å². The smallest absolute Gasteiger partial charge is 0.161 e. The third-order valence-corrected chi connectivity index (χ3v) is 4.44. The number of rotatable bonds is 1. The monoisotopic (exact) mass is 286 g/mol. The molecule has 0 fully saturated rings. The molecule has 106 valence electrons. The first-order valence-electron chi connectivity index (χ1n) is 7.53. The standard InChI is InChI=1S/C20H14O2/c1-2-13-4-5-15-6-8-16(18-12-21-10-11-22-18)17-9-7-14(3-1)19(13)20(15)17/h1-9,12H,10-11H2. The lowest BCUT2D eigenvalue weighted by Crippen LogP contribution is -2.07. The SMILES string of the molecule is C1=C(c2ccc3ccc4cccc5ccc2c3c45)OCCO1. The normalized spacial score (nSPS) is 15.0. The third kappa shape index (κ3) is 1.55. The predicted molar refractivity (Wildman–Crippen MR) is 90.0 cm³/mol. The highest BCUT2D eigenvalue weighted by Gasteiger charge is 2.15. The number of hydrogen-bond acceptors (Lipinski definition) is 2. The lowest BCUT2D eigenvalue weighted by molar-refractivity contribution is 0.126.